The molecule has 0 aromatic carbocycles. The Hall–Kier alpha value is -2.38. The van der Waals surface area contributed by atoms with E-state index in [4.69, 9.17) is 0 Å². The lowest BCUT2D eigenvalue weighted by molar-refractivity contribution is -0.131. The number of carbonyl (C=O) groups is 1. The molecule has 8 heteroatoms. The minimum atomic E-state index is -0.286. The van der Waals surface area contributed by atoms with Crippen LogP contribution in [0.5, 0.6) is 0 Å². The number of carbonyl (C=O) groups excluding carboxylic acids is 1. The summed E-state index contributed by atoms with van der Waals surface area (Å²) in [5.74, 6) is 0.477. The van der Waals surface area contributed by atoms with Crippen molar-refractivity contribution in [2.24, 2.45) is 0 Å². The largest absolute Gasteiger partial charge is 0.351 e. The van der Waals surface area contributed by atoms with Crippen LogP contribution >= 0.6 is 0 Å². The number of amides is 1. The molecule has 136 valence electrons. The fraction of sp³-hybridized carbons (Fsp3) is 0.647. The van der Waals surface area contributed by atoms with Crippen LogP contribution in [0.15, 0.2) is 11.0 Å². The molecule has 0 spiro atoms. The van der Waals surface area contributed by atoms with Crippen molar-refractivity contribution < 1.29 is 4.79 Å². The molecule has 3 rings (SSSR count). The minimum Gasteiger partial charge on any atom is -0.351 e. The molecule has 0 aliphatic carbocycles. The first-order valence-corrected chi connectivity index (χ1v) is 8.52. The number of fused-ring (bicyclic) bond motifs is 1. The number of aromatic amines is 1. The van der Waals surface area contributed by atoms with E-state index in [0.29, 0.717) is 29.9 Å². The molecule has 0 saturated carbocycles. The summed E-state index contributed by atoms with van der Waals surface area (Å²) in [6.45, 7) is 12.7. The Morgan fingerprint density at radius 2 is 1.84 bits per heavy atom. The molecule has 1 unspecified atom stereocenters. The quantitative estimate of drug-likeness (QED) is 0.862. The molecule has 1 aliphatic rings. The van der Waals surface area contributed by atoms with Crippen molar-refractivity contribution in [2.45, 2.75) is 65.1 Å². The zero-order chi connectivity index (χ0) is 18.6. The van der Waals surface area contributed by atoms with Gasteiger partial charge in [0.15, 0.2) is 5.65 Å². The van der Waals surface area contributed by atoms with Gasteiger partial charge in [-0.15, -0.1) is 0 Å². The van der Waals surface area contributed by atoms with E-state index < -0.39 is 0 Å². The molecular formula is C17H26N6O2. The summed E-state index contributed by atoms with van der Waals surface area (Å²) in [4.78, 5) is 33.7. The smallest absolute Gasteiger partial charge is 0.263 e. The zero-order valence-electron chi connectivity index (χ0n) is 15.7. The molecular weight excluding hydrogens is 320 g/mol. The Kier molecular flexibility index (Phi) is 3.89. The third-order valence-corrected chi connectivity index (χ3v) is 4.35. The molecule has 1 saturated heterocycles. The number of hydrogen-bond donors (Lipinski definition) is 2. The summed E-state index contributed by atoms with van der Waals surface area (Å²) >= 11 is 0. The number of likely N-dealkylation sites (tertiary alicyclic amines) is 1. The monoisotopic (exact) mass is 346 g/mol. The van der Waals surface area contributed by atoms with Gasteiger partial charge in [-0.2, -0.15) is 10.1 Å². The van der Waals surface area contributed by atoms with Gasteiger partial charge in [-0.05, 0) is 41.5 Å². The Labute approximate surface area is 146 Å². The van der Waals surface area contributed by atoms with E-state index in [0.717, 1.165) is 0 Å². The number of hydrogen-bond acceptors (Lipinski definition) is 5. The normalized spacial score (nSPS) is 19.0. The Bertz CT molecular complexity index is 868. The highest BCUT2D eigenvalue weighted by Crippen LogP contribution is 2.24. The summed E-state index contributed by atoms with van der Waals surface area (Å²) in [5, 5.41) is 7.96. The topological polar surface area (TPSA) is 95.9 Å². The van der Waals surface area contributed by atoms with Crippen LogP contribution in [0.1, 0.15) is 48.0 Å². The molecule has 25 heavy (non-hydrogen) atoms. The first-order valence-electron chi connectivity index (χ1n) is 8.52. The van der Waals surface area contributed by atoms with Crippen LogP contribution < -0.4 is 10.9 Å². The molecule has 1 atom stereocenters. The summed E-state index contributed by atoms with van der Waals surface area (Å²) < 4.78 is 1.74. The molecule has 8 nitrogen and oxygen atoms in total. The van der Waals surface area contributed by atoms with Crippen LogP contribution in [0.2, 0.25) is 0 Å². The van der Waals surface area contributed by atoms with E-state index in [1.54, 1.807) is 4.68 Å². The Balaban J connectivity index is 1.90. The van der Waals surface area contributed by atoms with Crippen molar-refractivity contribution in [2.75, 3.05) is 11.9 Å². The van der Waals surface area contributed by atoms with E-state index in [9.17, 15) is 9.59 Å². The molecule has 0 bridgehead atoms. The van der Waals surface area contributed by atoms with Crippen LogP contribution in [-0.4, -0.2) is 48.7 Å². The van der Waals surface area contributed by atoms with E-state index >= 15 is 0 Å². The van der Waals surface area contributed by atoms with Gasteiger partial charge in [-0.1, -0.05) is 0 Å². The number of nitrogens with one attached hydrogen (secondary N) is 2. The first kappa shape index (κ1) is 17.4. The molecule has 2 N–H and O–H groups in total. The number of nitrogens with zero attached hydrogens (tertiary/aromatic N) is 4. The number of aromatic nitrogens is 4. The highest BCUT2D eigenvalue weighted by molar-refractivity contribution is 5.81. The highest BCUT2D eigenvalue weighted by atomic mass is 16.2. The van der Waals surface area contributed by atoms with Gasteiger partial charge in [-0.25, -0.2) is 4.68 Å². The molecule has 3 heterocycles. The van der Waals surface area contributed by atoms with Crippen molar-refractivity contribution in [3.05, 3.63) is 16.6 Å². The van der Waals surface area contributed by atoms with Crippen molar-refractivity contribution in [1.29, 1.82) is 0 Å². The molecule has 2 aromatic heterocycles. The van der Waals surface area contributed by atoms with Crippen LogP contribution in [-0.2, 0) is 10.3 Å². The van der Waals surface area contributed by atoms with Crippen molar-refractivity contribution in [3.63, 3.8) is 0 Å². The lowest BCUT2D eigenvalue weighted by atomic mass is 10.1. The minimum absolute atomic E-state index is 0.0849. The molecule has 1 aliphatic heterocycles. The van der Waals surface area contributed by atoms with Crippen LogP contribution in [0, 0.1) is 0 Å². The van der Waals surface area contributed by atoms with Crippen LogP contribution in [0.4, 0.5) is 5.95 Å². The number of rotatable bonds is 2. The highest BCUT2D eigenvalue weighted by Gasteiger charge is 2.36. The maximum Gasteiger partial charge on any atom is 0.263 e. The van der Waals surface area contributed by atoms with Crippen molar-refractivity contribution in [1.82, 2.24) is 24.6 Å². The Morgan fingerprint density at radius 3 is 2.40 bits per heavy atom. The number of anilines is 1. The fourth-order valence-electron chi connectivity index (χ4n) is 3.12. The second-order valence-electron chi connectivity index (χ2n) is 8.60. The van der Waals surface area contributed by atoms with Crippen molar-refractivity contribution in [3.8, 4) is 0 Å². The SMILES string of the molecule is CC(C)(C)N1CC(Nc2nc3c(cnn3C(C)(C)C)c(=O)[nH]2)CC1=O. The van der Waals surface area contributed by atoms with Gasteiger partial charge in [0, 0.05) is 18.5 Å². The van der Waals surface area contributed by atoms with Gasteiger partial charge in [0.1, 0.15) is 5.39 Å². The van der Waals surface area contributed by atoms with Gasteiger partial charge in [0.05, 0.1) is 17.8 Å². The average molecular weight is 346 g/mol. The van der Waals surface area contributed by atoms with E-state index in [-0.39, 0.29) is 28.6 Å². The molecule has 1 amide bonds. The van der Waals surface area contributed by atoms with E-state index in [1.807, 2.05) is 46.4 Å². The lowest BCUT2D eigenvalue weighted by Gasteiger charge is -2.32. The Morgan fingerprint density at radius 1 is 1.16 bits per heavy atom. The fourth-order valence-corrected chi connectivity index (χ4v) is 3.12. The van der Waals surface area contributed by atoms with Crippen LogP contribution in [0.3, 0.4) is 0 Å². The van der Waals surface area contributed by atoms with E-state index in [2.05, 4.69) is 20.4 Å². The zero-order valence-corrected chi connectivity index (χ0v) is 15.7. The van der Waals surface area contributed by atoms with Gasteiger partial charge >= 0.3 is 0 Å². The average Bonchev–Trinajstić information content (AvgIpc) is 3.01. The van der Waals surface area contributed by atoms with E-state index in [1.165, 1.54) is 6.20 Å². The molecule has 0 radical (unpaired) electrons. The third kappa shape index (κ3) is 3.25. The second-order valence-corrected chi connectivity index (χ2v) is 8.60. The van der Waals surface area contributed by atoms with Gasteiger partial charge in [0.2, 0.25) is 11.9 Å². The van der Waals surface area contributed by atoms with Crippen LogP contribution in [0.25, 0.3) is 11.0 Å². The third-order valence-electron chi connectivity index (χ3n) is 4.35. The summed E-state index contributed by atoms with van der Waals surface area (Å²) in [7, 11) is 0. The summed E-state index contributed by atoms with van der Waals surface area (Å²) in [6, 6.07) is -0.0849. The maximum absolute atomic E-state index is 12.3. The van der Waals surface area contributed by atoms with Crippen molar-refractivity contribution >= 4 is 22.9 Å². The first-order chi connectivity index (χ1) is 11.5. The summed E-state index contributed by atoms with van der Waals surface area (Å²) in [5.41, 5.74) is -0.203. The number of H-pyrrole nitrogens is 1. The predicted molar refractivity (Wildman–Crippen MR) is 96.6 cm³/mol. The second kappa shape index (κ2) is 5.57. The molecule has 1 fully saturated rings. The van der Waals surface area contributed by atoms with Gasteiger partial charge in [-0.3, -0.25) is 14.6 Å². The molecule has 2 aromatic rings. The standard InChI is InChI=1S/C17H26N6O2/c1-16(2,3)22-9-10(7-12(22)24)19-15-20-13-11(14(25)21-15)8-18-23(13)17(4,5)6/h8,10H,7,9H2,1-6H3,(H2,19,20,21,25). The lowest BCUT2D eigenvalue weighted by Crippen LogP contribution is -2.43. The summed E-state index contributed by atoms with van der Waals surface area (Å²) in [6.07, 6.45) is 1.92. The maximum atomic E-state index is 12.3. The van der Waals surface area contributed by atoms with Gasteiger partial charge < -0.3 is 10.2 Å². The van der Waals surface area contributed by atoms with Gasteiger partial charge in [0.25, 0.3) is 5.56 Å². The predicted octanol–water partition coefficient (Wildman–Crippen LogP) is 1.69.